The van der Waals surface area contributed by atoms with Gasteiger partial charge in [0.1, 0.15) is 0 Å². The highest BCUT2D eigenvalue weighted by Gasteiger charge is 2.23. The summed E-state index contributed by atoms with van der Waals surface area (Å²) in [6.45, 7) is 4.69. The van der Waals surface area contributed by atoms with E-state index in [1.807, 2.05) is 35.2 Å². The molecule has 1 aliphatic heterocycles. The number of anilines is 1. The number of hydrogen-bond donors (Lipinski definition) is 0. The van der Waals surface area contributed by atoms with E-state index in [0.717, 1.165) is 57.6 Å². The number of carbonyl (C=O) groups is 1. The zero-order valence-electron chi connectivity index (χ0n) is 16.1. The van der Waals surface area contributed by atoms with Gasteiger partial charge in [-0.2, -0.15) is 0 Å². The van der Waals surface area contributed by atoms with Crippen molar-refractivity contribution < 1.29 is 9.53 Å². The Bertz CT molecular complexity index is 1000. The molecule has 29 heavy (non-hydrogen) atoms. The molecule has 4 rings (SSSR count). The van der Waals surface area contributed by atoms with E-state index >= 15 is 0 Å². The van der Waals surface area contributed by atoms with E-state index in [-0.39, 0.29) is 5.91 Å². The van der Waals surface area contributed by atoms with Crippen LogP contribution >= 0.6 is 39.0 Å². The van der Waals surface area contributed by atoms with Crippen LogP contribution < -0.4 is 4.90 Å². The van der Waals surface area contributed by atoms with Crippen molar-refractivity contribution in [3.63, 3.8) is 0 Å². The minimum absolute atomic E-state index is 0.0238. The number of fused-ring (bicyclic) bond motifs is 1. The number of para-hydroxylation sites is 1. The van der Waals surface area contributed by atoms with Crippen LogP contribution in [0.15, 0.2) is 51.8 Å². The number of nitrogens with zero attached hydrogens (tertiary/aromatic N) is 3. The Kier molecular flexibility index (Phi) is 6.87. The van der Waals surface area contributed by atoms with Gasteiger partial charge in [-0.1, -0.05) is 39.4 Å². The first kappa shape index (κ1) is 20.8. The molecule has 1 aliphatic rings. The molecular weight excluding hydrogens is 470 g/mol. The predicted octanol–water partition coefficient (Wildman–Crippen LogP) is 4.76. The summed E-state index contributed by atoms with van der Waals surface area (Å²) in [5.74, 6) is -0.0238. The maximum atomic E-state index is 13.4. The van der Waals surface area contributed by atoms with E-state index in [0.29, 0.717) is 12.1 Å². The van der Waals surface area contributed by atoms with Gasteiger partial charge in [0.2, 0.25) is 0 Å². The second kappa shape index (κ2) is 9.57. The summed E-state index contributed by atoms with van der Waals surface area (Å²) >= 11 is 6.73. The molecule has 8 heteroatoms. The Labute approximate surface area is 187 Å². The molecule has 5 nitrogen and oxygen atoms in total. The maximum absolute atomic E-state index is 13.4. The van der Waals surface area contributed by atoms with Gasteiger partial charge in [0, 0.05) is 41.1 Å². The number of morpholine rings is 1. The molecule has 0 bridgehead atoms. The highest BCUT2D eigenvalue weighted by molar-refractivity contribution is 9.10. The van der Waals surface area contributed by atoms with Crippen LogP contribution in [-0.4, -0.2) is 61.4 Å². The minimum Gasteiger partial charge on any atom is -0.379 e. The Morgan fingerprint density at radius 2 is 2.07 bits per heavy atom. The van der Waals surface area contributed by atoms with Gasteiger partial charge in [-0.3, -0.25) is 14.6 Å². The molecule has 0 aliphatic carbocycles. The molecule has 0 N–H and O–H groups in total. The lowest BCUT2D eigenvalue weighted by Gasteiger charge is -2.29. The zero-order chi connectivity index (χ0) is 20.2. The van der Waals surface area contributed by atoms with Crippen molar-refractivity contribution in [3.05, 3.63) is 52.5 Å². The average molecular weight is 492 g/mol. The van der Waals surface area contributed by atoms with Gasteiger partial charge in [0.25, 0.3) is 5.91 Å². The summed E-state index contributed by atoms with van der Waals surface area (Å²) in [6, 6.07) is 13.7. The van der Waals surface area contributed by atoms with Crippen LogP contribution in [0.3, 0.4) is 0 Å². The normalized spacial score (nSPS) is 15.0. The van der Waals surface area contributed by atoms with E-state index in [4.69, 9.17) is 9.72 Å². The lowest BCUT2D eigenvalue weighted by atomic mass is 10.2. The average Bonchev–Trinajstić information content (AvgIpc) is 3.18. The van der Waals surface area contributed by atoms with Crippen molar-refractivity contribution in [1.29, 1.82) is 0 Å². The highest BCUT2D eigenvalue weighted by atomic mass is 79.9. The third kappa shape index (κ3) is 4.83. The Balaban J connectivity index is 1.66. The second-order valence-corrected chi connectivity index (χ2v) is 9.50. The molecule has 2 aromatic carbocycles. The van der Waals surface area contributed by atoms with E-state index in [1.165, 1.54) is 0 Å². The molecule has 0 unspecified atom stereocenters. The molecule has 152 valence electrons. The van der Waals surface area contributed by atoms with Crippen LogP contribution in [0.4, 0.5) is 5.13 Å². The van der Waals surface area contributed by atoms with Crippen LogP contribution in [0.25, 0.3) is 10.2 Å². The predicted molar refractivity (Wildman–Crippen MR) is 124 cm³/mol. The SMILES string of the molecule is CSc1cccc2sc(N(CCN3CCOCC3)C(=O)c3cccc(Br)c3)nc12. The molecule has 1 aromatic heterocycles. The summed E-state index contributed by atoms with van der Waals surface area (Å²) in [7, 11) is 0. The number of carbonyl (C=O) groups excluding carboxylic acids is 1. The van der Waals surface area contributed by atoms with E-state index in [9.17, 15) is 4.79 Å². The Morgan fingerprint density at radius 3 is 2.83 bits per heavy atom. The molecule has 0 saturated carbocycles. The maximum Gasteiger partial charge on any atom is 0.260 e. The van der Waals surface area contributed by atoms with Crippen molar-refractivity contribution in [2.24, 2.45) is 0 Å². The van der Waals surface area contributed by atoms with Crippen LogP contribution in [0.2, 0.25) is 0 Å². The molecular formula is C21H22BrN3O2S2. The third-order valence-corrected chi connectivity index (χ3v) is 7.19. The highest BCUT2D eigenvalue weighted by Crippen LogP contribution is 2.34. The van der Waals surface area contributed by atoms with Gasteiger partial charge in [-0.25, -0.2) is 4.98 Å². The molecule has 0 atom stereocenters. The number of hydrogen-bond acceptors (Lipinski definition) is 6. The molecule has 3 aromatic rings. The summed E-state index contributed by atoms with van der Waals surface area (Å²) in [5, 5.41) is 0.750. The first-order chi connectivity index (χ1) is 14.2. The van der Waals surface area contributed by atoms with Gasteiger partial charge < -0.3 is 4.74 Å². The number of benzene rings is 2. The molecule has 1 amide bonds. The molecule has 1 saturated heterocycles. The van der Waals surface area contributed by atoms with Crippen LogP contribution in [0.5, 0.6) is 0 Å². The van der Waals surface area contributed by atoms with Gasteiger partial charge in [0.15, 0.2) is 5.13 Å². The summed E-state index contributed by atoms with van der Waals surface area (Å²) in [6.07, 6.45) is 2.05. The standard InChI is InChI=1S/C21H22BrN3O2S2/c1-28-17-6-3-7-18-19(17)23-21(29-18)25(9-8-24-10-12-27-13-11-24)20(26)15-4-2-5-16(22)14-15/h2-7,14H,8-13H2,1H3. The third-order valence-electron chi connectivity index (χ3n) is 4.88. The van der Waals surface area contributed by atoms with Gasteiger partial charge in [0.05, 0.1) is 23.4 Å². The molecule has 2 heterocycles. The fourth-order valence-electron chi connectivity index (χ4n) is 3.32. The lowest BCUT2D eigenvalue weighted by Crippen LogP contribution is -2.43. The number of amides is 1. The smallest absolute Gasteiger partial charge is 0.260 e. The summed E-state index contributed by atoms with van der Waals surface area (Å²) in [4.78, 5) is 23.6. The monoisotopic (exact) mass is 491 g/mol. The van der Waals surface area contributed by atoms with Gasteiger partial charge in [-0.05, 0) is 36.6 Å². The van der Waals surface area contributed by atoms with Crippen molar-refractivity contribution in [1.82, 2.24) is 9.88 Å². The summed E-state index contributed by atoms with van der Waals surface area (Å²) < 4.78 is 7.44. The lowest BCUT2D eigenvalue weighted by molar-refractivity contribution is 0.0391. The summed E-state index contributed by atoms with van der Waals surface area (Å²) in [5.41, 5.74) is 1.63. The molecule has 1 fully saturated rings. The zero-order valence-corrected chi connectivity index (χ0v) is 19.4. The van der Waals surface area contributed by atoms with Crippen LogP contribution in [-0.2, 0) is 4.74 Å². The van der Waals surface area contributed by atoms with Gasteiger partial charge in [-0.15, -0.1) is 11.8 Å². The molecule has 0 radical (unpaired) electrons. The first-order valence-electron chi connectivity index (χ1n) is 9.47. The Morgan fingerprint density at radius 1 is 1.28 bits per heavy atom. The van der Waals surface area contributed by atoms with E-state index in [1.54, 1.807) is 23.1 Å². The van der Waals surface area contributed by atoms with E-state index in [2.05, 4.69) is 39.2 Å². The van der Waals surface area contributed by atoms with Crippen molar-refractivity contribution in [2.45, 2.75) is 4.90 Å². The van der Waals surface area contributed by atoms with Crippen molar-refractivity contribution in [2.75, 3.05) is 50.5 Å². The van der Waals surface area contributed by atoms with Crippen molar-refractivity contribution >= 4 is 60.3 Å². The largest absolute Gasteiger partial charge is 0.379 e. The number of rotatable bonds is 6. The first-order valence-corrected chi connectivity index (χ1v) is 12.3. The van der Waals surface area contributed by atoms with Crippen molar-refractivity contribution in [3.8, 4) is 0 Å². The topological polar surface area (TPSA) is 45.7 Å². The van der Waals surface area contributed by atoms with E-state index < -0.39 is 0 Å². The van der Waals surface area contributed by atoms with Crippen LogP contribution in [0.1, 0.15) is 10.4 Å². The fourth-order valence-corrected chi connectivity index (χ4v) is 5.36. The minimum atomic E-state index is -0.0238. The Hall–Kier alpha value is -1.45. The number of thiazole rings is 1. The van der Waals surface area contributed by atoms with Gasteiger partial charge >= 0.3 is 0 Å². The number of thioether (sulfide) groups is 1. The second-order valence-electron chi connectivity index (χ2n) is 6.72. The number of aromatic nitrogens is 1. The number of halogens is 1. The molecule has 0 spiro atoms. The number of ether oxygens (including phenoxy) is 1. The fraction of sp³-hybridized carbons (Fsp3) is 0.333. The quantitative estimate of drug-likeness (QED) is 0.465. The van der Waals surface area contributed by atoms with Crippen LogP contribution in [0, 0.1) is 0 Å².